The summed E-state index contributed by atoms with van der Waals surface area (Å²) in [6.45, 7) is 1.16. The van der Waals surface area contributed by atoms with Gasteiger partial charge in [-0.1, -0.05) is 6.07 Å². The second-order valence-corrected chi connectivity index (χ2v) is 4.02. The molecule has 0 saturated carbocycles. The van der Waals surface area contributed by atoms with Gasteiger partial charge in [0, 0.05) is 13.0 Å². The van der Waals surface area contributed by atoms with Crippen molar-refractivity contribution in [3.63, 3.8) is 0 Å². The van der Waals surface area contributed by atoms with E-state index in [4.69, 9.17) is 10.2 Å². The van der Waals surface area contributed by atoms with E-state index in [0.717, 1.165) is 5.56 Å². The molecule has 0 saturated heterocycles. The molecule has 0 radical (unpaired) electrons. The van der Waals surface area contributed by atoms with Gasteiger partial charge in [-0.25, -0.2) is 4.39 Å². The van der Waals surface area contributed by atoms with Gasteiger partial charge in [0.2, 0.25) is 0 Å². The molecule has 17 heavy (non-hydrogen) atoms. The first-order chi connectivity index (χ1) is 7.99. The highest BCUT2D eigenvalue weighted by atomic mass is 19.1. The smallest absolute Gasteiger partial charge is 0.303 e. The molecular weight excluding hydrogens is 225 g/mol. The first-order valence-corrected chi connectivity index (χ1v) is 5.37. The van der Waals surface area contributed by atoms with E-state index in [1.165, 1.54) is 12.1 Å². The van der Waals surface area contributed by atoms with Crippen molar-refractivity contribution in [2.24, 2.45) is 0 Å². The average Bonchev–Trinajstić information content (AvgIpc) is 2.23. The lowest BCUT2D eigenvalue weighted by atomic mass is 10.2. The van der Waals surface area contributed by atoms with Gasteiger partial charge in [-0.3, -0.25) is 4.79 Å². The van der Waals surface area contributed by atoms with E-state index in [-0.39, 0.29) is 12.2 Å². The number of benzene rings is 1. The zero-order valence-electron chi connectivity index (χ0n) is 9.69. The lowest BCUT2D eigenvalue weighted by molar-refractivity contribution is -0.137. The van der Waals surface area contributed by atoms with E-state index in [0.29, 0.717) is 19.5 Å². The molecule has 0 spiro atoms. The highest BCUT2D eigenvalue weighted by Gasteiger charge is 2.05. The Morgan fingerprint density at radius 1 is 1.47 bits per heavy atom. The van der Waals surface area contributed by atoms with Crippen LogP contribution < -0.4 is 0 Å². The SMILES string of the molecule is CN(CCCC(=O)O)Cc1ccc(O)c(F)c1. The van der Waals surface area contributed by atoms with Crippen molar-refractivity contribution in [1.29, 1.82) is 0 Å². The third kappa shape index (κ3) is 4.82. The van der Waals surface area contributed by atoms with Crippen molar-refractivity contribution >= 4 is 5.97 Å². The quantitative estimate of drug-likeness (QED) is 0.797. The van der Waals surface area contributed by atoms with Crippen molar-refractivity contribution in [3.8, 4) is 5.75 Å². The zero-order chi connectivity index (χ0) is 12.8. The number of halogens is 1. The van der Waals surface area contributed by atoms with Crippen LogP contribution in [0.1, 0.15) is 18.4 Å². The maximum Gasteiger partial charge on any atom is 0.303 e. The van der Waals surface area contributed by atoms with Gasteiger partial charge in [-0.15, -0.1) is 0 Å². The van der Waals surface area contributed by atoms with E-state index in [9.17, 15) is 9.18 Å². The Balaban J connectivity index is 2.42. The molecule has 0 aliphatic rings. The Morgan fingerprint density at radius 2 is 2.18 bits per heavy atom. The third-order valence-electron chi connectivity index (χ3n) is 2.40. The van der Waals surface area contributed by atoms with E-state index >= 15 is 0 Å². The molecular formula is C12H16FNO3. The maximum absolute atomic E-state index is 13.0. The molecule has 1 aromatic carbocycles. The highest BCUT2D eigenvalue weighted by Crippen LogP contribution is 2.17. The number of aromatic hydroxyl groups is 1. The lowest BCUT2D eigenvalue weighted by Crippen LogP contribution is -2.19. The molecule has 0 unspecified atom stereocenters. The van der Waals surface area contributed by atoms with Gasteiger partial charge < -0.3 is 15.1 Å². The minimum absolute atomic E-state index is 0.133. The molecule has 5 heteroatoms. The van der Waals surface area contributed by atoms with Gasteiger partial charge in [-0.05, 0) is 37.7 Å². The van der Waals surface area contributed by atoms with Crippen molar-refractivity contribution in [2.45, 2.75) is 19.4 Å². The van der Waals surface area contributed by atoms with Crippen LogP contribution in [0.4, 0.5) is 4.39 Å². The van der Waals surface area contributed by atoms with Gasteiger partial charge in [0.25, 0.3) is 0 Å². The summed E-state index contributed by atoms with van der Waals surface area (Å²) in [4.78, 5) is 12.2. The van der Waals surface area contributed by atoms with Gasteiger partial charge in [0.15, 0.2) is 11.6 Å². The van der Waals surface area contributed by atoms with Gasteiger partial charge in [0.05, 0.1) is 0 Å². The van der Waals surface area contributed by atoms with Crippen molar-refractivity contribution in [1.82, 2.24) is 4.90 Å². The number of hydrogen-bond acceptors (Lipinski definition) is 3. The summed E-state index contributed by atoms with van der Waals surface area (Å²) in [5, 5.41) is 17.5. The fraction of sp³-hybridized carbons (Fsp3) is 0.417. The predicted octanol–water partition coefficient (Wildman–Crippen LogP) is 1.83. The minimum Gasteiger partial charge on any atom is -0.505 e. The standard InChI is InChI=1S/C12H16FNO3/c1-14(6-2-3-12(16)17)8-9-4-5-11(15)10(13)7-9/h4-5,7,15H,2-3,6,8H2,1H3,(H,16,17). The van der Waals surface area contributed by atoms with Crippen LogP contribution in [0.3, 0.4) is 0 Å². The van der Waals surface area contributed by atoms with Gasteiger partial charge >= 0.3 is 5.97 Å². The summed E-state index contributed by atoms with van der Waals surface area (Å²) >= 11 is 0. The van der Waals surface area contributed by atoms with Crippen molar-refractivity contribution in [2.75, 3.05) is 13.6 Å². The first kappa shape index (κ1) is 13.4. The first-order valence-electron chi connectivity index (χ1n) is 5.37. The fourth-order valence-electron chi connectivity index (χ4n) is 1.54. The van der Waals surface area contributed by atoms with Gasteiger partial charge in [0.1, 0.15) is 0 Å². The van der Waals surface area contributed by atoms with Crippen LogP contribution in [0.25, 0.3) is 0 Å². The Kier molecular flexibility index (Phi) is 4.90. The van der Waals surface area contributed by atoms with E-state index < -0.39 is 11.8 Å². The van der Waals surface area contributed by atoms with Crippen LogP contribution in [0.5, 0.6) is 5.75 Å². The summed E-state index contributed by atoms with van der Waals surface area (Å²) in [5.41, 5.74) is 0.748. The van der Waals surface area contributed by atoms with Crippen LogP contribution in [0.2, 0.25) is 0 Å². The number of phenols is 1. The molecule has 2 N–H and O–H groups in total. The number of phenolic OH excluding ortho intramolecular Hbond substituents is 1. The van der Waals surface area contributed by atoms with Gasteiger partial charge in [-0.2, -0.15) is 0 Å². The molecule has 0 bridgehead atoms. The Labute approximate surface area is 99.3 Å². The molecule has 0 heterocycles. The van der Waals surface area contributed by atoms with Crippen LogP contribution in [-0.2, 0) is 11.3 Å². The molecule has 0 atom stereocenters. The summed E-state index contributed by atoms with van der Waals surface area (Å²) in [6, 6.07) is 4.24. The second kappa shape index (κ2) is 6.20. The maximum atomic E-state index is 13.0. The van der Waals surface area contributed by atoms with Crippen LogP contribution >= 0.6 is 0 Å². The van der Waals surface area contributed by atoms with Crippen LogP contribution in [0.15, 0.2) is 18.2 Å². The molecule has 0 fully saturated rings. The topological polar surface area (TPSA) is 60.8 Å². The summed E-state index contributed by atoms with van der Waals surface area (Å²) in [6.07, 6.45) is 0.695. The molecule has 0 amide bonds. The predicted molar refractivity (Wildman–Crippen MR) is 61.3 cm³/mol. The third-order valence-corrected chi connectivity index (χ3v) is 2.40. The summed E-state index contributed by atoms with van der Waals surface area (Å²) in [7, 11) is 1.84. The summed E-state index contributed by atoms with van der Waals surface area (Å²) in [5.74, 6) is -1.81. The number of aliphatic carboxylic acids is 1. The van der Waals surface area contributed by atoms with Crippen molar-refractivity contribution in [3.05, 3.63) is 29.6 Å². The highest BCUT2D eigenvalue weighted by molar-refractivity contribution is 5.66. The molecule has 0 aromatic heterocycles. The molecule has 4 nitrogen and oxygen atoms in total. The van der Waals surface area contributed by atoms with Crippen LogP contribution in [-0.4, -0.2) is 34.7 Å². The zero-order valence-corrected chi connectivity index (χ0v) is 9.69. The molecule has 1 rings (SSSR count). The average molecular weight is 241 g/mol. The lowest BCUT2D eigenvalue weighted by Gasteiger charge is -2.16. The van der Waals surface area contributed by atoms with Crippen molar-refractivity contribution < 1.29 is 19.4 Å². The largest absolute Gasteiger partial charge is 0.505 e. The second-order valence-electron chi connectivity index (χ2n) is 4.02. The molecule has 94 valence electrons. The fourth-order valence-corrected chi connectivity index (χ4v) is 1.54. The normalized spacial score (nSPS) is 10.8. The van der Waals surface area contributed by atoms with E-state index in [1.807, 2.05) is 11.9 Å². The number of carboxylic acids is 1. The molecule has 0 aliphatic heterocycles. The number of nitrogens with zero attached hydrogens (tertiary/aromatic N) is 1. The Morgan fingerprint density at radius 3 is 2.76 bits per heavy atom. The summed E-state index contributed by atoms with van der Waals surface area (Å²) < 4.78 is 13.0. The monoisotopic (exact) mass is 241 g/mol. The Hall–Kier alpha value is -1.62. The van der Waals surface area contributed by atoms with Crippen LogP contribution in [0, 0.1) is 5.82 Å². The molecule has 0 aliphatic carbocycles. The number of hydrogen-bond donors (Lipinski definition) is 2. The Bertz CT molecular complexity index is 395. The molecule has 1 aromatic rings. The van der Waals surface area contributed by atoms with E-state index in [2.05, 4.69) is 0 Å². The number of carbonyl (C=O) groups is 1. The van der Waals surface area contributed by atoms with E-state index in [1.54, 1.807) is 6.07 Å². The number of carboxylic acid groups (broad SMARTS) is 1. The number of rotatable bonds is 6. The minimum atomic E-state index is -0.811.